The molecule has 1 heterocycles. The van der Waals surface area contributed by atoms with Crippen LogP contribution in [0.4, 0.5) is 0 Å². The summed E-state index contributed by atoms with van der Waals surface area (Å²) in [6, 6.07) is 16.0. The third-order valence-corrected chi connectivity index (χ3v) is 2.25. The van der Waals surface area contributed by atoms with Crippen molar-refractivity contribution in [2.24, 2.45) is 0 Å². The van der Waals surface area contributed by atoms with Gasteiger partial charge in [0, 0.05) is 0 Å². The van der Waals surface area contributed by atoms with E-state index in [0.717, 1.165) is 11.0 Å². The summed E-state index contributed by atoms with van der Waals surface area (Å²) >= 11 is 0. The van der Waals surface area contributed by atoms with Gasteiger partial charge in [-0.15, -0.1) is 5.10 Å². The summed E-state index contributed by atoms with van der Waals surface area (Å²) in [5.74, 6) is -0.879. The molecule has 0 saturated carbocycles. The number of H-pyrrole nitrogens is 1. The molecule has 0 unspecified atom stereocenters. The second-order valence-electron chi connectivity index (χ2n) is 3.50. The zero-order valence-corrected chi connectivity index (χ0v) is 9.45. The minimum absolute atomic E-state index is 0. The summed E-state index contributed by atoms with van der Waals surface area (Å²) in [5, 5.41) is 18.6. The summed E-state index contributed by atoms with van der Waals surface area (Å²) in [5.41, 5.74) is 2.23. The number of carboxylic acids is 1. The van der Waals surface area contributed by atoms with E-state index in [0.29, 0.717) is 5.56 Å². The number of carbonyl (C=O) groups is 1. The zero-order valence-electron chi connectivity index (χ0n) is 9.45. The second kappa shape index (κ2) is 7.68. The van der Waals surface area contributed by atoms with Crippen molar-refractivity contribution in [2.75, 3.05) is 0 Å². The standard InChI is InChI=1S/C7H6O2.C6H5N3.Na.H/c8-7(9)6-4-2-1-3-5-6;1-2-4-6-5(3-1)7-9-8-6;;/h1-5H,(H,8,9);1-4H,(H,7,8,9);;. The fraction of sp³-hybridized carbons (Fsp3) is 0. The number of aromatic carboxylic acids is 1. The molecule has 0 spiro atoms. The molecule has 3 rings (SSSR count). The molecule has 0 atom stereocenters. The van der Waals surface area contributed by atoms with Gasteiger partial charge in [-0.1, -0.05) is 35.5 Å². The second-order valence-corrected chi connectivity index (χ2v) is 3.50. The topological polar surface area (TPSA) is 78.9 Å². The zero-order chi connectivity index (χ0) is 12.8. The molecule has 1 aromatic heterocycles. The molecular weight excluding hydrogens is 253 g/mol. The van der Waals surface area contributed by atoms with Crippen LogP contribution in [0.5, 0.6) is 0 Å². The van der Waals surface area contributed by atoms with Crippen molar-refractivity contribution in [1.82, 2.24) is 15.4 Å². The largest absolute Gasteiger partial charge is 0.258 e. The van der Waals surface area contributed by atoms with E-state index in [1.165, 1.54) is 0 Å². The van der Waals surface area contributed by atoms with Gasteiger partial charge in [0.25, 0.3) is 0 Å². The SMILES string of the molecule is O=C(O)c1ccccc1.[NaH].c1ccc2[nH]nnc2c1. The average molecular weight is 265 g/mol. The van der Waals surface area contributed by atoms with Crippen LogP contribution < -0.4 is 0 Å². The number of para-hydroxylation sites is 1. The van der Waals surface area contributed by atoms with Gasteiger partial charge >= 0.3 is 35.5 Å². The Hall–Kier alpha value is -1.69. The number of aromatic nitrogens is 3. The molecule has 0 fully saturated rings. The molecule has 6 heteroatoms. The van der Waals surface area contributed by atoms with Crippen LogP contribution in [0, 0.1) is 0 Å². The Morgan fingerprint density at radius 2 is 1.63 bits per heavy atom. The molecule has 3 aromatic rings. The summed E-state index contributed by atoms with van der Waals surface area (Å²) < 4.78 is 0. The smallest absolute Gasteiger partial charge is 0.112 e. The summed E-state index contributed by atoms with van der Waals surface area (Å²) in [6.45, 7) is 0. The Morgan fingerprint density at radius 3 is 2.21 bits per heavy atom. The average Bonchev–Trinajstić information content (AvgIpc) is 2.89. The van der Waals surface area contributed by atoms with E-state index in [-0.39, 0.29) is 29.6 Å². The van der Waals surface area contributed by atoms with Crippen LogP contribution in [0.1, 0.15) is 10.4 Å². The van der Waals surface area contributed by atoms with Gasteiger partial charge in [-0.3, -0.25) is 5.10 Å². The summed E-state index contributed by atoms with van der Waals surface area (Å²) in [4.78, 5) is 10.2. The number of fused-ring (bicyclic) bond motifs is 1. The van der Waals surface area contributed by atoms with Gasteiger partial charge in [0.1, 0.15) is 5.52 Å². The minimum atomic E-state index is -0.879. The first-order valence-corrected chi connectivity index (χ1v) is 5.31. The number of hydrogen-bond acceptors (Lipinski definition) is 3. The molecule has 0 amide bonds. The van der Waals surface area contributed by atoms with Gasteiger partial charge in [-0.05, 0) is 24.3 Å². The van der Waals surface area contributed by atoms with Crippen LogP contribution in [-0.4, -0.2) is 56.0 Å². The number of benzene rings is 2. The van der Waals surface area contributed by atoms with Gasteiger partial charge in [-0.25, -0.2) is 4.79 Å². The number of hydrogen-bond donors (Lipinski definition) is 2. The third kappa shape index (κ3) is 4.48. The number of nitrogens with zero attached hydrogens (tertiary/aromatic N) is 2. The van der Waals surface area contributed by atoms with Crippen molar-refractivity contribution >= 4 is 46.6 Å². The van der Waals surface area contributed by atoms with Crippen LogP contribution in [0.2, 0.25) is 0 Å². The normalized spacial score (nSPS) is 9.05. The maximum atomic E-state index is 10.2. The van der Waals surface area contributed by atoms with E-state index in [9.17, 15) is 4.79 Å². The van der Waals surface area contributed by atoms with Crippen molar-refractivity contribution < 1.29 is 9.90 Å². The van der Waals surface area contributed by atoms with Gasteiger partial charge in [0.05, 0.1) is 11.1 Å². The third-order valence-electron chi connectivity index (χ3n) is 2.25. The maximum Gasteiger partial charge on any atom is 0.112 e. The first-order valence-electron chi connectivity index (χ1n) is 5.31. The number of nitrogens with one attached hydrogen (secondary N) is 1. The van der Waals surface area contributed by atoms with Crippen LogP contribution in [0.25, 0.3) is 11.0 Å². The van der Waals surface area contributed by atoms with E-state index in [2.05, 4.69) is 15.4 Å². The Bertz CT molecular complexity index is 610. The molecule has 92 valence electrons. The fourth-order valence-corrected chi connectivity index (χ4v) is 1.37. The van der Waals surface area contributed by atoms with Crippen molar-refractivity contribution in [2.45, 2.75) is 0 Å². The Balaban J connectivity index is 0.000000180. The molecule has 0 aliphatic rings. The van der Waals surface area contributed by atoms with Gasteiger partial charge < -0.3 is 5.11 Å². The fourth-order valence-electron chi connectivity index (χ4n) is 1.37. The van der Waals surface area contributed by atoms with Crippen molar-refractivity contribution in [1.29, 1.82) is 0 Å². The molecule has 5 nitrogen and oxygen atoms in total. The van der Waals surface area contributed by atoms with Crippen molar-refractivity contribution in [3.8, 4) is 0 Å². The van der Waals surface area contributed by atoms with Crippen molar-refractivity contribution in [3.63, 3.8) is 0 Å². The quantitative estimate of drug-likeness (QED) is 0.656. The van der Waals surface area contributed by atoms with Gasteiger partial charge in [0.15, 0.2) is 0 Å². The number of aromatic amines is 1. The molecule has 0 saturated heterocycles. The number of carboxylic acid groups (broad SMARTS) is 1. The van der Waals surface area contributed by atoms with Crippen LogP contribution in [0.3, 0.4) is 0 Å². The first kappa shape index (κ1) is 15.4. The Labute approximate surface area is 131 Å². The molecule has 0 radical (unpaired) electrons. The monoisotopic (exact) mass is 265 g/mol. The summed E-state index contributed by atoms with van der Waals surface area (Å²) in [7, 11) is 0. The Kier molecular flexibility index (Phi) is 6.21. The molecule has 2 aromatic carbocycles. The van der Waals surface area contributed by atoms with E-state index in [1.54, 1.807) is 30.3 Å². The predicted octanol–water partition coefficient (Wildman–Crippen LogP) is 1.69. The van der Waals surface area contributed by atoms with Crippen LogP contribution in [0.15, 0.2) is 54.6 Å². The van der Waals surface area contributed by atoms with Gasteiger partial charge in [-0.2, -0.15) is 0 Å². The molecule has 19 heavy (non-hydrogen) atoms. The predicted molar refractivity (Wildman–Crippen MR) is 74.4 cm³/mol. The van der Waals surface area contributed by atoms with E-state index in [4.69, 9.17) is 5.11 Å². The first-order chi connectivity index (χ1) is 8.77. The molecule has 0 aliphatic carbocycles. The summed E-state index contributed by atoms with van der Waals surface area (Å²) in [6.07, 6.45) is 0. The van der Waals surface area contributed by atoms with E-state index >= 15 is 0 Å². The molecule has 0 bridgehead atoms. The Morgan fingerprint density at radius 1 is 1.00 bits per heavy atom. The van der Waals surface area contributed by atoms with Crippen LogP contribution >= 0.6 is 0 Å². The van der Waals surface area contributed by atoms with Crippen molar-refractivity contribution in [3.05, 3.63) is 60.2 Å². The van der Waals surface area contributed by atoms with E-state index < -0.39 is 5.97 Å². The maximum absolute atomic E-state index is 10.2. The number of rotatable bonds is 1. The van der Waals surface area contributed by atoms with E-state index in [1.807, 2.05) is 24.3 Å². The van der Waals surface area contributed by atoms with Crippen LogP contribution in [-0.2, 0) is 0 Å². The van der Waals surface area contributed by atoms with Gasteiger partial charge in [0.2, 0.25) is 0 Å². The minimum Gasteiger partial charge on any atom is -0.258 e. The molecule has 0 aliphatic heterocycles. The molecule has 2 N–H and O–H groups in total. The molecular formula is C13H12N3NaO2.